The lowest BCUT2D eigenvalue weighted by atomic mass is 10.2. The van der Waals surface area contributed by atoms with Gasteiger partial charge in [0.15, 0.2) is 0 Å². The van der Waals surface area contributed by atoms with E-state index in [9.17, 15) is 4.79 Å². The van der Waals surface area contributed by atoms with E-state index in [1.54, 1.807) is 12.3 Å². The first-order chi connectivity index (χ1) is 9.24. The van der Waals surface area contributed by atoms with Crippen molar-refractivity contribution < 1.29 is 0 Å². The molecule has 1 heterocycles. The number of rotatable bonds is 3. The Morgan fingerprint density at radius 2 is 2.05 bits per heavy atom. The van der Waals surface area contributed by atoms with Gasteiger partial charge in [0, 0.05) is 0 Å². The van der Waals surface area contributed by atoms with Crippen LogP contribution in [0.1, 0.15) is 17.0 Å². The van der Waals surface area contributed by atoms with Crippen LogP contribution in [0.25, 0.3) is 12.2 Å². The Balaban J connectivity index is 2.38. The van der Waals surface area contributed by atoms with Crippen molar-refractivity contribution in [1.82, 2.24) is 9.97 Å². The van der Waals surface area contributed by atoms with Gasteiger partial charge in [-0.1, -0.05) is 36.4 Å². The first-order valence-corrected chi connectivity index (χ1v) is 6.78. The van der Waals surface area contributed by atoms with E-state index in [2.05, 4.69) is 9.97 Å². The minimum Gasteiger partial charge on any atom is -0.306 e. The van der Waals surface area contributed by atoms with Crippen LogP contribution in [-0.4, -0.2) is 16.2 Å². The average molecular weight is 269 g/mol. The SMILES string of the molecule is CSc1nc(/C=C/c2ccccc2)[nH]c(=O)c1C#N. The predicted octanol–water partition coefficient (Wildman–Crippen LogP) is 2.53. The first-order valence-electron chi connectivity index (χ1n) is 5.56. The van der Waals surface area contributed by atoms with Crippen LogP contribution in [0.3, 0.4) is 0 Å². The van der Waals surface area contributed by atoms with Gasteiger partial charge in [-0.15, -0.1) is 11.8 Å². The minimum atomic E-state index is -0.408. The molecular weight excluding hydrogens is 258 g/mol. The highest BCUT2D eigenvalue weighted by Crippen LogP contribution is 2.14. The number of nitriles is 1. The van der Waals surface area contributed by atoms with Crippen molar-refractivity contribution in [2.24, 2.45) is 0 Å². The van der Waals surface area contributed by atoms with E-state index in [-0.39, 0.29) is 5.56 Å². The summed E-state index contributed by atoms with van der Waals surface area (Å²) in [5, 5.41) is 9.33. The molecule has 0 aliphatic heterocycles. The van der Waals surface area contributed by atoms with Gasteiger partial charge in [0.25, 0.3) is 5.56 Å². The van der Waals surface area contributed by atoms with E-state index in [1.165, 1.54) is 11.8 Å². The van der Waals surface area contributed by atoms with E-state index in [4.69, 9.17) is 5.26 Å². The Hall–Kier alpha value is -2.32. The monoisotopic (exact) mass is 269 g/mol. The van der Waals surface area contributed by atoms with Crippen molar-refractivity contribution in [2.45, 2.75) is 5.03 Å². The molecular formula is C14H11N3OS. The van der Waals surface area contributed by atoms with Crippen molar-refractivity contribution in [3.05, 3.63) is 57.6 Å². The Morgan fingerprint density at radius 3 is 2.68 bits per heavy atom. The van der Waals surface area contributed by atoms with Crippen LogP contribution in [0.4, 0.5) is 0 Å². The number of aromatic amines is 1. The quantitative estimate of drug-likeness (QED) is 0.686. The van der Waals surface area contributed by atoms with E-state index in [0.717, 1.165) is 5.56 Å². The molecule has 2 rings (SSSR count). The highest BCUT2D eigenvalue weighted by Gasteiger charge is 2.08. The maximum atomic E-state index is 11.7. The zero-order chi connectivity index (χ0) is 13.7. The molecule has 19 heavy (non-hydrogen) atoms. The van der Waals surface area contributed by atoms with Crippen LogP contribution >= 0.6 is 11.8 Å². The van der Waals surface area contributed by atoms with E-state index in [0.29, 0.717) is 10.9 Å². The number of nitrogens with zero attached hydrogens (tertiary/aromatic N) is 2. The van der Waals surface area contributed by atoms with Gasteiger partial charge < -0.3 is 4.98 Å². The highest BCUT2D eigenvalue weighted by molar-refractivity contribution is 7.98. The number of H-pyrrole nitrogens is 1. The Morgan fingerprint density at radius 1 is 1.32 bits per heavy atom. The largest absolute Gasteiger partial charge is 0.306 e. The average Bonchev–Trinajstić information content (AvgIpc) is 2.45. The molecule has 94 valence electrons. The standard InChI is InChI=1S/C14H11N3OS/c1-19-14-11(9-15)13(18)16-12(17-14)8-7-10-5-3-2-4-6-10/h2-8H,1H3,(H,16,17,18)/b8-7+. The first kappa shape index (κ1) is 13.1. The summed E-state index contributed by atoms with van der Waals surface area (Å²) in [6, 6.07) is 11.6. The van der Waals surface area contributed by atoms with Crippen molar-refractivity contribution in [3.63, 3.8) is 0 Å². The smallest absolute Gasteiger partial charge is 0.270 e. The second-order valence-electron chi connectivity index (χ2n) is 3.69. The maximum Gasteiger partial charge on any atom is 0.270 e. The van der Waals surface area contributed by atoms with E-state index < -0.39 is 5.56 Å². The number of hydrogen-bond acceptors (Lipinski definition) is 4. The number of thioether (sulfide) groups is 1. The van der Waals surface area contributed by atoms with Crippen molar-refractivity contribution in [2.75, 3.05) is 6.26 Å². The van der Waals surface area contributed by atoms with Crippen LogP contribution in [-0.2, 0) is 0 Å². The molecule has 5 heteroatoms. The Bertz CT molecular complexity index is 699. The molecule has 0 saturated carbocycles. The van der Waals surface area contributed by atoms with Crippen LogP contribution in [0.15, 0.2) is 40.2 Å². The summed E-state index contributed by atoms with van der Waals surface area (Å²) in [5.74, 6) is 0.442. The Labute approximate surface area is 114 Å². The molecule has 1 aromatic heterocycles. The lowest BCUT2D eigenvalue weighted by molar-refractivity contribution is 0.978. The molecule has 0 spiro atoms. The van der Waals surface area contributed by atoms with Gasteiger partial charge in [0.05, 0.1) is 0 Å². The highest BCUT2D eigenvalue weighted by atomic mass is 32.2. The molecule has 2 aromatic rings. The predicted molar refractivity (Wildman–Crippen MR) is 76.7 cm³/mol. The normalized spacial score (nSPS) is 10.5. The molecule has 0 saturated heterocycles. The molecule has 0 aliphatic rings. The molecule has 1 N–H and O–H groups in total. The van der Waals surface area contributed by atoms with Crippen molar-refractivity contribution >= 4 is 23.9 Å². The topological polar surface area (TPSA) is 69.5 Å². The number of aromatic nitrogens is 2. The van der Waals surface area contributed by atoms with Gasteiger partial charge in [0.1, 0.15) is 22.5 Å². The number of nitrogens with one attached hydrogen (secondary N) is 1. The zero-order valence-corrected chi connectivity index (χ0v) is 11.1. The summed E-state index contributed by atoms with van der Waals surface area (Å²) in [5.41, 5.74) is 0.666. The molecule has 1 aromatic carbocycles. The fourth-order valence-corrected chi connectivity index (χ4v) is 2.07. The van der Waals surface area contributed by atoms with E-state index in [1.807, 2.05) is 42.5 Å². The van der Waals surface area contributed by atoms with Gasteiger partial charge in [-0.2, -0.15) is 5.26 Å². The third kappa shape index (κ3) is 3.12. The third-order valence-electron chi connectivity index (χ3n) is 2.44. The summed E-state index contributed by atoms with van der Waals surface area (Å²) < 4.78 is 0. The Kier molecular flexibility index (Phi) is 4.16. The molecule has 0 atom stereocenters. The summed E-state index contributed by atoms with van der Waals surface area (Å²) in [7, 11) is 0. The summed E-state index contributed by atoms with van der Waals surface area (Å²) in [4.78, 5) is 18.5. The molecule has 4 nitrogen and oxygen atoms in total. The third-order valence-corrected chi connectivity index (χ3v) is 3.13. The summed E-state index contributed by atoms with van der Waals surface area (Å²) in [6.45, 7) is 0. The lowest BCUT2D eigenvalue weighted by Crippen LogP contribution is -2.14. The second-order valence-corrected chi connectivity index (χ2v) is 4.49. The molecule has 0 aliphatic carbocycles. The molecule has 0 radical (unpaired) electrons. The molecule has 0 amide bonds. The van der Waals surface area contributed by atoms with Gasteiger partial charge in [-0.3, -0.25) is 4.79 Å². The molecule has 0 fully saturated rings. The van der Waals surface area contributed by atoms with Crippen LogP contribution in [0.5, 0.6) is 0 Å². The van der Waals surface area contributed by atoms with Gasteiger partial charge in [-0.05, 0) is 17.9 Å². The van der Waals surface area contributed by atoms with Gasteiger partial charge in [0.2, 0.25) is 0 Å². The maximum absolute atomic E-state index is 11.7. The summed E-state index contributed by atoms with van der Waals surface area (Å²) in [6.07, 6.45) is 5.36. The molecule has 0 bridgehead atoms. The number of benzene rings is 1. The van der Waals surface area contributed by atoms with Gasteiger partial charge >= 0.3 is 0 Å². The fourth-order valence-electron chi connectivity index (χ4n) is 1.53. The minimum absolute atomic E-state index is 0.0596. The van der Waals surface area contributed by atoms with Crippen LogP contribution < -0.4 is 5.56 Å². The van der Waals surface area contributed by atoms with Gasteiger partial charge in [-0.25, -0.2) is 4.98 Å². The van der Waals surface area contributed by atoms with Crippen LogP contribution in [0.2, 0.25) is 0 Å². The second kappa shape index (κ2) is 6.03. The van der Waals surface area contributed by atoms with Crippen molar-refractivity contribution in [1.29, 1.82) is 5.26 Å². The van der Waals surface area contributed by atoms with Crippen molar-refractivity contribution in [3.8, 4) is 6.07 Å². The number of hydrogen-bond donors (Lipinski definition) is 1. The lowest BCUT2D eigenvalue weighted by Gasteiger charge is -2.00. The molecule has 0 unspecified atom stereocenters. The fraction of sp³-hybridized carbons (Fsp3) is 0.0714. The summed E-state index contributed by atoms with van der Waals surface area (Å²) >= 11 is 1.28. The zero-order valence-electron chi connectivity index (χ0n) is 10.3. The van der Waals surface area contributed by atoms with Crippen LogP contribution in [0, 0.1) is 11.3 Å². The van der Waals surface area contributed by atoms with E-state index >= 15 is 0 Å².